The summed E-state index contributed by atoms with van der Waals surface area (Å²) in [6, 6.07) is 7.63. The molecule has 0 unspecified atom stereocenters. The first-order valence-electron chi connectivity index (χ1n) is 8.28. The summed E-state index contributed by atoms with van der Waals surface area (Å²) in [4.78, 5) is 12.3. The Labute approximate surface area is 151 Å². The van der Waals surface area contributed by atoms with Crippen molar-refractivity contribution in [3.63, 3.8) is 0 Å². The average molecular weight is 362 g/mol. The van der Waals surface area contributed by atoms with Crippen molar-refractivity contribution < 1.29 is 14.3 Å². The van der Waals surface area contributed by atoms with E-state index < -0.39 is 0 Å². The van der Waals surface area contributed by atoms with Crippen LogP contribution in [0.3, 0.4) is 0 Å². The van der Waals surface area contributed by atoms with Crippen molar-refractivity contribution >= 4 is 17.7 Å². The molecule has 25 heavy (non-hydrogen) atoms. The molecule has 1 fully saturated rings. The maximum absolute atomic E-state index is 12.3. The number of hydrogen-bond acceptors (Lipinski definition) is 6. The largest absolute Gasteiger partial charge is 0.495 e. The predicted octanol–water partition coefficient (Wildman–Crippen LogP) is 2.05. The molecule has 1 aromatic carbocycles. The van der Waals surface area contributed by atoms with Crippen LogP contribution in [0.5, 0.6) is 5.75 Å². The van der Waals surface area contributed by atoms with Crippen LogP contribution in [0.15, 0.2) is 35.7 Å². The molecule has 0 saturated carbocycles. The fourth-order valence-corrected chi connectivity index (χ4v) is 3.53. The SMILES string of the molecule is COc1ccccc1-n1cnnc1S[C@H](C)C(=O)NC[C@@H]1CCCO1. The molecule has 2 heterocycles. The number of rotatable bonds is 7. The summed E-state index contributed by atoms with van der Waals surface area (Å²) in [6.07, 6.45) is 3.83. The molecule has 1 aliphatic rings. The van der Waals surface area contributed by atoms with E-state index in [2.05, 4.69) is 15.5 Å². The molecule has 1 aliphatic heterocycles. The summed E-state index contributed by atoms with van der Waals surface area (Å²) in [5, 5.41) is 11.4. The Bertz CT molecular complexity index is 715. The van der Waals surface area contributed by atoms with E-state index in [1.165, 1.54) is 11.8 Å². The Morgan fingerprint density at radius 3 is 3.12 bits per heavy atom. The molecule has 0 bridgehead atoms. The smallest absolute Gasteiger partial charge is 0.233 e. The highest BCUT2D eigenvalue weighted by molar-refractivity contribution is 8.00. The van der Waals surface area contributed by atoms with Crippen LogP contribution in [0.25, 0.3) is 5.69 Å². The molecule has 2 aromatic rings. The van der Waals surface area contributed by atoms with Gasteiger partial charge in [-0.2, -0.15) is 0 Å². The number of hydrogen-bond donors (Lipinski definition) is 1. The quantitative estimate of drug-likeness (QED) is 0.760. The van der Waals surface area contributed by atoms with Crippen LogP contribution < -0.4 is 10.1 Å². The molecule has 134 valence electrons. The lowest BCUT2D eigenvalue weighted by Gasteiger charge is -2.15. The van der Waals surface area contributed by atoms with Gasteiger partial charge in [0.1, 0.15) is 12.1 Å². The third-order valence-corrected chi connectivity index (χ3v) is 5.10. The van der Waals surface area contributed by atoms with Crippen LogP contribution in [0, 0.1) is 0 Å². The number of amides is 1. The van der Waals surface area contributed by atoms with Gasteiger partial charge in [0.15, 0.2) is 5.16 Å². The molecule has 2 atom stereocenters. The Morgan fingerprint density at radius 1 is 1.52 bits per heavy atom. The first-order chi connectivity index (χ1) is 12.2. The first-order valence-corrected chi connectivity index (χ1v) is 9.16. The van der Waals surface area contributed by atoms with Crippen molar-refractivity contribution in [2.75, 3.05) is 20.3 Å². The van der Waals surface area contributed by atoms with E-state index in [-0.39, 0.29) is 17.3 Å². The number of thioether (sulfide) groups is 1. The maximum atomic E-state index is 12.3. The lowest BCUT2D eigenvalue weighted by molar-refractivity contribution is -0.120. The Balaban J connectivity index is 1.65. The normalized spacial score (nSPS) is 18.1. The van der Waals surface area contributed by atoms with E-state index in [0.29, 0.717) is 11.7 Å². The zero-order valence-corrected chi connectivity index (χ0v) is 15.2. The highest BCUT2D eigenvalue weighted by Crippen LogP contribution is 2.28. The van der Waals surface area contributed by atoms with Gasteiger partial charge in [0, 0.05) is 13.2 Å². The minimum Gasteiger partial charge on any atom is -0.495 e. The monoisotopic (exact) mass is 362 g/mol. The first kappa shape index (κ1) is 17.8. The minimum atomic E-state index is -0.293. The number of carbonyl (C=O) groups excluding carboxylic acids is 1. The molecule has 8 heteroatoms. The van der Waals surface area contributed by atoms with Gasteiger partial charge in [-0.15, -0.1) is 10.2 Å². The number of nitrogens with one attached hydrogen (secondary N) is 1. The van der Waals surface area contributed by atoms with Crippen molar-refractivity contribution in [1.29, 1.82) is 0 Å². The van der Waals surface area contributed by atoms with Gasteiger partial charge in [-0.3, -0.25) is 9.36 Å². The summed E-state index contributed by atoms with van der Waals surface area (Å²) < 4.78 is 12.7. The molecular weight excluding hydrogens is 340 g/mol. The van der Waals surface area contributed by atoms with Crippen LogP contribution >= 0.6 is 11.8 Å². The van der Waals surface area contributed by atoms with Gasteiger partial charge in [-0.25, -0.2) is 0 Å². The summed E-state index contributed by atoms with van der Waals surface area (Å²) in [5.41, 5.74) is 0.837. The van der Waals surface area contributed by atoms with Crippen molar-refractivity contribution in [2.45, 2.75) is 36.3 Å². The molecule has 0 radical (unpaired) electrons. The van der Waals surface area contributed by atoms with E-state index in [1.54, 1.807) is 13.4 Å². The van der Waals surface area contributed by atoms with Crippen LogP contribution in [-0.2, 0) is 9.53 Å². The summed E-state index contributed by atoms with van der Waals surface area (Å²) >= 11 is 1.36. The Hall–Kier alpha value is -2.06. The number of ether oxygens (including phenoxy) is 2. The molecular formula is C17H22N4O3S. The van der Waals surface area contributed by atoms with Gasteiger partial charge in [0.25, 0.3) is 0 Å². The van der Waals surface area contributed by atoms with Gasteiger partial charge in [0.05, 0.1) is 24.2 Å². The molecule has 1 N–H and O–H groups in total. The van der Waals surface area contributed by atoms with Crippen molar-refractivity contribution in [1.82, 2.24) is 20.1 Å². The number of carbonyl (C=O) groups is 1. The molecule has 1 amide bonds. The Kier molecular flexibility index (Phi) is 5.93. The highest BCUT2D eigenvalue weighted by Gasteiger charge is 2.21. The molecule has 0 spiro atoms. The number of nitrogens with zero attached hydrogens (tertiary/aromatic N) is 3. The van der Waals surface area contributed by atoms with Crippen LogP contribution in [0.2, 0.25) is 0 Å². The fraction of sp³-hybridized carbons (Fsp3) is 0.471. The van der Waals surface area contributed by atoms with Crippen LogP contribution in [0.4, 0.5) is 0 Å². The Morgan fingerprint density at radius 2 is 2.36 bits per heavy atom. The fourth-order valence-electron chi connectivity index (χ4n) is 2.67. The molecule has 1 saturated heterocycles. The van der Waals surface area contributed by atoms with Crippen LogP contribution in [0.1, 0.15) is 19.8 Å². The van der Waals surface area contributed by atoms with E-state index in [9.17, 15) is 4.79 Å². The average Bonchev–Trinajstić information content (AvgIpc) is 3.31. The zero-order chi connectivity index (χ0) is 17.6. The number of para-hydroxylation sites is 2. The minimum absolute atomic E-state index is 0.0323. The second-order valence-electron chi connectivity index (χ2n) is 5.80. The lowest BCUT2D eigenvalue weighted by Crippen LogP contribution is -2.36. The third-order valence-electron chi connectivity index (χ3n) is 4.04. The second kappa shape index (κ2) is 8.35. The summed E-state index contributed by atoms with van der Waals surface area (Å²) in [6.45, 7) is 3.20. The van der Waals surface area contributed by atoms with E-state index in [0.717, 1.165) is 30.9 Å². The van der Waals surface area contributed by atoms with Crippen molar-refractivity contribution in [3.8, 4) is 11.4 Å². The second-order valence-corrected chi connectivity index (χ2v) is 7.10. The number of aromatic nitrogens is 3. The summed E-state index contributed by atoms with van der Waals surface area (Å²) in [5.74, 6) is 0.690. The van der Waals surface area contributed by atoms with Gasteiger partial charge in [0.2, 0.25) is 5.91 Å². The van der Waals surface area contributed by atoms with Gasteiger partial charge < -0.3 is 14.8 Å². The third kappa shape index (κ3) is 4.32. The number of benzene rings is 1. The molecule has 7 nitrogen and oxygen atoms in total. The molecule has 0 aliphatic carbocycles. The van der Waals surface area contributed by atoms with Gasteiger partial charge in [-0.1, -0.05) is 23.9 Å². The van der Waals surface area contributed by atoms with Crippen molar-refractivity contribution in [2.24, 2.45) is 0 Å². The van der Waals surface area contributed by atoms with Crippen LogP contribution in [-0.4, -0.2) is 52.3 Å². The topological polar surface area (TPSA) is 78.3 Å². The molecule has 3 rings (SSSR count). The lowest BCUT2D eigenvalue weighted by atomic mass is 10.2. The van der Waals surface area contributed by atoms with E-state index >= 15 is 0 Å². The van der Waals surface area contributed by atoms with Gasteiger partial charge in [-0.05, 0) is 31.9 Å². The van der Waals surface area contributed by atoms with E-state index in [1.807, 2.05) is 35.8 Å². The number of methoxy groups -OCH3 is 1. The predicted molar refractivity (Wildman–Crippen MR) is 95.2 cm³/mol. The summed E-state index contributed by atoms with van der Waals surface area (Å²) in [7, 11) is 1.62. The molecule has 1 aromatic heterocycles. The van der Waals surface area contributed by atoms with Gasteiger partial charge >= 0.3 is 0 Å². The zero-order valence-electron chi connectivity index (χ0n) is 14.3. The standard InChI is InChI=1S/C17H22N4O3S/c1-12(16(22)18-10-13-6-5-9-24-13)25-17-20-19-11-21(17)14-7-3-4-8-15(14)23-2/h3-4,7-8,11-13H,5-6,9-10H2,1-2H3,(H,18,22)/t12-,13+/m1/s1. The maximum Gasteiger partial charge on any atom is 0.233 e. The highest BCUT2D eigenvalue weighted by atomic mass is 32.2. The van der Waals surface area contributed by atoms with E-state index in [4.69, 9.17) is 9.47 Å². The van der Waals surface area contributed by atoms with Crippen molar-refractivity contribution in [3.05, 3.63) is 30.6 Å².